The fraction of sp³-hybridized carbons (Fsp3) is 0. The summed E-state index contributed by atoms with van der Waals surface area (Å²) in [6.07, 6.45) is 0. The van der Waals surface area contributed by atoms with Crippen LogP contribution in [0.15, 0.2) is 47.6 Å². The van der Waals surface area contributed by atoms with Gasteiger partial charge in [-0.1, -0.05) is 46.5 Å². The molecule has 4 nitrogen and oxygen atoms in total. The normalized spacial score (nSPS) is 9.79. The number of carbonyl (C=O) groups excluding carboxylic acids is 1. The van der Waals surface area contributed by atoms with Gasteiger partial charge in [-0.3, -0.25) is 4.79 Å². The lowest BCUT2D eigenvalue weighted by molar-refractivity contribution is 0.103. The van der Waals surface area contributed by atoms with Crippen LogP contribution < -0.4 is 0 Å². The van der Waals surface area contributed by atoms with Crippen molar-refractivity contribution >= 4 is 34.7 Å². The molecule has 2 rings (SSSR count). The third kappa shape index (κ3) is 2.88. The monoisotopic (exact) mass is 291 g/mol. The number of carbonyl (C=O) groups is 1. The van der Waals surface area contributed by atoms with Crippen LogP contribution in [0.5, 0.6) is 0 Å². The number of halogens is 2. The van der Waals surface area contributed by atoms with Gasteiger partial charge in [-0.2, -0.15) is 0 Å². The van der Waals surface area contributed by atoms with Gasteiger partial charge in [-0.15, -0.1) is 0 Å². The third-order valence-corrected chi connectivity index (χ3v) is 3.04. The number of benzene rings is 2. The van der Waals surface area contributed by atoms with Gasteiger partial charge in [0, 0.05) is 26.7 Å². The smallest absolute Gasteiger partial charge is 0.195 e. The Balaban J connectivity index is 2.58. The van der Waals surface area contributed by atoms with E-state index in [-0.39, 0.29) is 17.0 Å². The van der Waals surface area contributed by atoms with Crippen LogP contribution in [0.25, 0.3) is 10.4 Å². The predicted molar refractivity (Wildman–Crippen MR) is 75.1 cm³/mol. The van der Waals surface area contributed by atoms with E-state index in [1.807, 2.05) is 0 Å². The third-order valence-electron chi connectivity index (χ3n) is 2.47. The number of azide groups is 1. The van der Waals surface area contributed by atoms with E-state index in [1.165, 1.54) is 12.1 Å². The van der Waals surface area contributed by atoms with Crippen molar-refractivity contribution in [2.24, 2.45) is 5.11 Å². The van der Waals surface area contributed by atoms with Crippen LogP contribution in [0.1, 0.15) is 15.9 Å². The van der Waals surface area contributed by atoms with Gasteiger partial charge in [0.15, 0.2) is 5.78 Å². The largest absolute Gasteiger partial charge is 0.289 e. The minimum Gasteiger partial charge on any atom is -0.289 e. The van der Waals surface area contributed by atoms with Gasteiger partial charge in [0.25, 0.3) is 0 Å². The topological polar surface area (TPSA) is 65.8 Å². The molecule has 0 aliphatic heterocycles. The van der Waals surface area contributed by atoms with Gasteiger partial charge in [0.05, 0.1) is 5.02 Å². The first-order chi connectivity index (χ1) is 9.13. The molecule has 0 spiro atoms. The van der Waals surface area contributed by atoms with E-state index >= 15 is 0 Å². The van der Waals surface area contributed by atoms with E-state index in [0.717, 1.165) is 0 Å². The maximum absolute atomic E-state index is 12.4. The van der Waals surface area contributed by atoms with Gasteiger partial charge in [-0.25, -0.2) is 0 Å². The molecule has 0 saturated carbocycles. The summed E-state index contributed by atoms with van der Waals surface area (Å²) >= 11 is 11.8. The average molecular weight is 292 g/mol. The lowest BCUT2D eigenvalue weighted by Crippen LogP contribution is -2.02. The Labute approximate surface area is 119 Å². The first-order valence-corrected chi connectivity index (χ1v) is 6.03. The molecule has 0 saturated heterocycles. The predicted octanol–water partition coefficient (Wildman–Crippen LogP) is 5.17. The van der Waals surface area contributed by atoms with Crippen molar-refractivity contribution in [3.63, 3.8) is 0 Å². The Morgan fingerprint density at radius 3 is 2.53 bits per heavy atom. The van der Waals surface area contributed by atoms with Crippen LogP contribution in [0, 0.1) is 0 Å². The zero-order valence-electron chi connectivity index (χ0n) is 9.55. The Morgan fingerprint density at radius 2 is 1.84 bits per heavy atom. The SMILES string of the molecule is [N-]=[N+]=Nc1ccc(Cl)cc1C(=O)c1ccccc1Cl. The molecule has 2 aromatic rings. The summed E-state index contributed by atoms with van der Waals surface area (Å²) in [7, 11) is 0. The van der Waals surface area contributed by atoms with Crippen LogP contribution in [0.2, 0.25) is 10.0 Å². The molecule has 2 aromatic carbocycles. The second kappa shape index (κ2) is 5.76. The molecule has 6 heteroatoms. The minimum atomic E-state index is -0.337. The fourth-order valence-corrected chi connectivity index (χ4v) is 2.01. The summed E-state index contributed by atoms with van der Waals surface area (Å²) in [5.41, 5.74) is 9.28. The summed E-state index contributed by atoms with van der Waals surface area (Å²) in [5.74, 6) is -0.337. The van der Waals surface area contributed by atoms with Crippen molar-refractivity contribution in [1.29, 1.82) is 0 Å². The molecule has 0 N–H and O–H groups in total. The minimum absolute atomic E-state index is 0.219. The number of ketones is 1. The number of hydrogen-bond donors (Lipinski definition) is 0. The summed E-state index contributed by atoms with van der Waals surface area (Å²) < 4.78 is 0. The van der Waals surface area contributed by atoms with Crippen LogP contribution in [-0.2, 0) is 0 Å². The Kier molecular flexibility index (Phi) is 4.07. The molecule has 0 aliphatic carbocycles. The molecule has 0 aromatic heterocycles. The molecule has 0 radical (unpaired) electrons. The molecule has 0 aliphatic rings. The van der Waals surface area contributed by atoms with Gasteiger partial charge in [0.2, 0.25) is 0 Å². The highest BCUT2D eigenvalue weighted by molar-refractivity contribution is 6.35. The molecule has 0 bridgehead atoms. The van der Waals surface area contributed by atoms with Crippen molar-refractivity contribution in [3.05, 3.63) is 74.1 Å². The molecular formula is C13H7Cl2N3O. The highest BCUT2D eigenvalue weighted by Gasteiger charge is 2.16. The summed E-state index contributed by atoms with van der Waals surface area (Å²) in [5, 5.41) is 4.20. The highest BCUT2D eigenvalue weighted by atomic mass is 35.5. The van der Waals surface area contributed by atoms with Gasteiger partial charge in [-0.05, 0) is 29.8 Å². The van der Waals surface area contributed by atoms with Crippen LogP contribution in [0.3, 0.4) is 0 Å². The van der Waals surface area contributed by atoms with Crippen LogP contribution in [0.4, 0.5) is 5.69 Å². The van der Waals surface area contributed by atoms with E-state index < -0.39 is 0 Å². The standard InChI is InChI=1S/C13H7Cl2N3O/c14-8-5-6-12(17-18-16)10(7-8)13(19)9-3-1-2-4-11(9)15/h1-7H. The molecule has 0 atom stereocenters. The van der Waals surface area contributed by atoms with E-state index in [4.69, 9.17) is 28.7 Å². The van der Waals surface area contributed by atoms with Crippen LogP contribution >= 0.6 is 23.2 Å². The maximum atomic E-state index is 12.4. The second-order valence-electron chi connectivity index (χ2n) is 3.66. The highest BCUT2D eigenvalue weighted by Crippen LogP contribution is 2.28. The van der Waals surface area contributed by atoms with E-state index in [0.29, 0.717) is 15.6 Å². The zero-order chi connectivity index (χ0) is 13.8. The Bertz CT molecular complexity index is 694. The van der Waals surface area contributed by atoms with Gasteiger partial charge >= 0.3 is 0 Å². The van der Waals surface area contributed by atoms with Gasteiger partial charge < -0.3 is 0 Å². The summed E-state index contributed by atoms with van der Waals surface area (Å²) in [6.45, 7) is 0. The Hall–Kier alpha value is -2.00. The lowest BCUT2D eigenvalue weighted by Gasteiger charge is -2.06. The summed E-state index contributed by atoms with van der Waals surface area (Å²) in [6, 6.07) is 11.2. The van der Waals surface area contributed by atoms with E-state index in [9.17, 15) is 4.79 Å². The first kappa shape index (κ1) is 13.4. The first-order valence-electron chi connectivity index (χ1n) is 5.27. The van der Waals surface area contributed by atoms with Crippen molar-refractivity contribution in [1.82, 2.24) is 0 Å². The van der Waals surface area contributed by atoms with Crippen molar-refractivity contribution in [2.45, 2.75) is 0 Å². The average Bonchev–Trinajstić information content (AvgIpc) is 2.41. The Morgan fingerprint density at radius 1 is 1.11 bits per heavy atom. The fourth-order valence-electron chi connectivity index (χ4n) is 1.62. The molecule has 0 fully saturated rings. The van der Waals surface area contributed by atoms with Crippen molar-refractivity contribution < 1.29 is 4.79 Å². The van der Waals surface area contributed by atoms with E-state index in [2.05, 4.69) is 10.0 Å². The van der Waals surface area contributed by atoms with E-state index in [1.54, 1.807) is 30.3 Å². The van der Waals surface area contributed by atoms with Crippen LogP contribution in [-0.4, -0.2) is 5.78 Å². The molecule has 0 unspecified atom stereocenters. The number of rotatable bonds is 3. The lowest BCUT2D eigenvalue weighted by atomic mass is 10.0. The zero-order valence-corrected chi connectivity index (χ0v) is 11.1. The van der Waals surface area contributed by atoms with Crippen molar-refractivity contribution in [3.8, 4) is 0 Å². The number of hydrogen-bond acceptors (Lipinski definition) is 2. The molecule has 19 heavy (non-hydrogen) atoms. The number of nitrogens with zero attached hydrogens (tertiary/aromatic N) is 3. The summed E-state index contributed by atoms with van der Waals surface area (Å²) in [4.78, 5) is 15.1. The van der Waals surface area contributed by atoms with Gasteiger partial charge in [0.1, 0.15) is 0 Å². The molecular weight excluding hydrogens is 285 g/mol. The maximum Gasteiger partial charge on any atom is 0.195 e. The second-order valence-corrected chi connectivity index (χ2v) is 4.50. The quantitative estimate of drug-likeness (QED) is 0.333. The molecule has 94 valence electrons. The molecule has 0 heterocycles. The van der Waals surface area contributed by atoms with Crippen molar-refractivity contribution in [2.75, 3.05) is 0 Å². The molecule has 0 amide bonds.